The maximum atomic E-state index is 6.10. The predicted octanol–water partition coefficient (Wildman–Crippen LogP) is 3.02. The molecule has 1 aromatic rings. The fraction of sp³-hybridized carbons (Fsp3) is 0.400. The summed E-state index contributed by atoms with van der Waals surface area (Å²) < 4.78 is 5.06. The average Bonchev–Trinajstić information content (AvgIpc) is 2.25. The van der Waals surface area contributed by atoms with Crippen LogP contribution in [0, 0.1) is 0 Å². The van der Waals surface area contributed by atoms with Crippen molar-refractivity contribution in [2.24, 2.45) is 0 Å². The number of hydrogen-bond acceptors (Lipinski definition) is 3. The zero-order valence-corrected chi connectivity index (χ0v) is 10.8. The molecule has 0 spiro atoms. The topological polar surface area (TPSA) is 21.3 Å². The lowest BCUT2D eigenvalue weighted by atomic mass is 10.1. The maximum absolute atomic E-state index is 6.10. The van der Waals surface area contributed by atoms with Gasteiger partial charge < -0.3 is 10.1 Å². The first-order valence-electron chi connectivity index (χ1n) is 4.53. The zero-order valence-electron chi connectivity index (χ0n) is 8.39. The first kappa shape index (κ1) is 13.0. The van der Waals surface area contributed by atoms with E-state index in [4.69, 9.17) is 27.9 Å². The number of benzene rings is 1. The van der Waals surface area contributed by atoms with Gasteiger partial charge in [0.05, 0.1) is 12.1 Å². The van der Waals surface area contributed by atoms with Crippen LogP contribution in [0.25, 0.3) is 0 Å². The van der Waals surface area contributed by atoms with E-state index in [-0.39, 0.29) is 0 Å². The highest BCUT2D eigenvalue weighted by molar-refractivity contribution is 7.80. The highest BCUT2D eigenvalue weighted by Gasteiger charge is 2.09. The highest BCUT2D eigenvalue weighted by Crippen LogP contribution is 2.34. The molecule has 2 nitrogen and oxygen atoms in total. The molecule has 0 bridgehead atoms. The number of rotatable bonds is 5. The number of halogens is 2. The Morgan fingerprint density at radius 3 is 2.67 bits per heavy atom. The van der Waals surface area contributed by atoms with Gasteiger partial charge in [-0.15, -0.1) is 0 Å². The predicted molar refractivity (Wildman–Crippen MR) is 68.6 cm³/mol. The fourth-order valence-electron chi connectivity index (χ4n) is 1.22. The van der Waals surface area contributed by atoms with E-state index in [9.17, 15) is 0 Å². The van der Waals surface area contributed by atoms with Crippen LogP contribution in [0.1, 0.15) is 5.56 Å². The van der Waals surface area contributed by atoms with Gasteiger partial charge in [0.1, 0.15) is 10.8 Å². The first-order valence-corrected chi connectivity index (χ1v) is 5.92. The van der Waals surface area contributed by atoms with Gasteiger partial charge in [-0.05, 0) is 24.6 Å². The standard InChI is InChI=1S/C10H13Cl2NOS/c1-14-8-3-2-7(4-5-13-6-15)9(11)10(8)12/h2-3,13,15H,4-6H2,1H3. The Balaban J connectivity index is 2.77. The molecule has 15 heavy (non-hydrogen) atoms. The largest absolute Gasteiger partial charge is 0.495 e. The number of nitrogens with one attached hydrogen (secondary N) is 1. The monoisotopic (exact) mass is 265 g/mol. The van der Waals surface area contributed by atoms with E-state index in [1.54, 1.807) is 7.11 Å². The Morgan fingerprint density at radius 2 is 2.07 bits per heavy atom. The van der Waals surface area contributed by atoms with Gasteiger partial charge in [-0.2, -0.15) is 12.6 Å². The van der Waals surface area contributed by atoms with Crippen molar-refractivity contribution in [3.63, 3.8) is 0 Å². The van der Waals surface area contributed by atoms with E-state index < -0.39 is 0 Å². The van der Waals surface area contributed by atoms with Crippen LogP contribution in [-0.4, -0.2) is 19.5 Å². The van der Waals surface area contributed by atoms with Gasteiger partial charge in [0.15, 0.2) is 0 Å². The van der Waals surface area contributed by atoms with E-state index in [1.165, 1.54) is 0 Å². The van der Waals surface area contributed by atoms with Gasteiger partial charge in [0.2, 0.25) is 0 Å². The van der Waals surface area contributed by atoms with Crippen LogP contribution in [0.2, 0.25) is 10.0 Å². The van der Waals surface area contributed by atoms with Gasteiger partial charge in [-0.25, -0.2) is 0 Å². The van der Waals surface area contributed by atoms with Crippen molar-refractivity contribution in [2.45, 2.75) is 6.42 Å². The van der Waals surface area contributed by atoms with E-state index >= 15 is 0 Å². The number of hydrogen-bond donors (Lipinski definition) is 2. The SMILES string of the molecule is COc1ccc(CCNCS)c(Cl)c1Cl. The third-order valence-electron chi connectivity index (χ3n) is 2.03. The molecule has 1 rings (SSSR count). The molecule has 0 saturated heterocycles. The minimum absolute atomic E-state index is 0.475. The lowest BCUT2D eigenvalue weighted by Gasteiger charge is -2.09. The maximum Gasteiger partial charge on any atom is 0.138 e. The van der Waals surface area contributed by atoms with E-state index in [0.29, 0.717) is 21.7 Å². The summed E-state index contributed by atoms with van der Waals surface area (Å²) in [5.41, 5.74) is 1.01. The molecular weight excluding hydrogens is 253 g/mol. The summed E-state index contributed by atoms with van der Waals surface area (Å²) in [7, 11) is 1.57. The van der Waals surface area contributed by atoms with Gasteiger partial charge in [-0.1, -0.05) is 29.3 Å². The van der Waals surface area contributed by atoms with Crippen molar-refractivity contribution in [1.82, 2.24) is 5.32 Å². The summed E-state index contributed by atoms with van der Waals surface area (Å²) in [5, 5.41) is 4.14. The molecule has 5 heteroatoms. The quantitative estimate of drug-likeness (QED) is 0.485. The highest BCUT2D eigenvalue weighted by atomic mass is 35.5. The molecule has 0 amide bonds. The molecule has 0 aliphatic rings. The van der Waals surface area contributed by atoms with Crippen LogP contribution in [0.3, 0.4) is 0 Å². The van der Waals surface area contributed by atoms with Crippen LogP contribution in [-0.2, 0) is 6.42 Å². The summed E-state index contributed by atoms with van der Waals surface area (Å²) in [4.78, 5) is 0. The van der Waals surface area contributed by atoms with E-state index in [1.807, 2.05) is 12.1 Å². The van der Waals surface area contributed by atoms with E-state index in [2.05, 4.69) is 17.9 Å². The number of thiol groups is 1. The lowest BCUT2D eigenvalue weighted by molar-refractivity contribution is 0.415. The Labute approximate surface area is 105 Å². The molecule has 84 valence electrons. The van der Waals surface area contributed by atoms with E-state index in [0.717, 1.165) is 18.5 Å². The van der Waals surface area contributed by atoms with Gasteiger partial charge in [0, 0.05) is 5.88 Å². The Morgan fingerprint density at radius 1 is 1.33 bits per heavy atom. The smallest absolute Gasteiger partial charge is 0.138 e. The second-order valence-electron chi connectivity index (χ2n) is 2.96. The molecule has 0 radical (unpaired) electrons. The molecule has 0 atom stereocenters. The van der Waals surface area contributed by atoms with Crippen LogP contribution >= 0.6 is 35.8 Å². The molecule has 0 aliphatic carbocycles. The first-order chi connectivity index (χ1) is 7.20. The summed E-state index contributed by atoms with van der Waals surface area (Å²) in [5.74, 6) is 1.26. The second-order valence-corrected chi connectivity index (χ2v) is 4.04. The molecule has 0 unspecified atom stereocenters. The normalized spacial score (nSPS) is 10.4. The molecule has 1 aromatic carbocycles. The van der Waals surface area contributed by atoms with Gasteiger partial charge >= 0.3 is 0 Å². The van der Waals surface area contributed by atoms with Crippen molar-refractivity contribution >= 4 is 35.8 Å². The number of ether oxygens (including phenoxy) is 1. The summed E-state index contributed by atoms with van der Waals surface area (Å²) in [6.45, 7) is 0.825. The lowest BCUT2D eigenvalue weighted by Crippen LogP contribution is -2.15. The third-order valence-corrected chi connectivity index (χ3v) is 3.16. The van der Waals surface area contributed by atoms with Crippen LogP contribution in [0.15, 0.2) is 12.1 Å². The molecule has 0 heterocycles. The fourth-order valence-corrected chi connectivity index (χ4v) is 1.89. The molecular formula is C10H13Cl2NOS. The molecule has 0 aromatic heterocycles. The third kappa shape index (κ3) is 3.45. The van der Waals surface area contributed by atoms with Crippen molar-refractivity contribution in [3.8, 4) is 5.75 Å². The minimum Gasteiger partial charge on any atom is -0.495 e. The Bertz CT molecular complexity index is 333. The summed E-state index contributed by atoms with van der Waals surface area (Å²) in [6, 6.07) is 3.75. The minimum atomic E-state index is 0.475. The summed E-state index contributed by atoms with van der Waals surface area (Å²) >= 11 is 16.2. The molecule has 1 N–H and O–H groups in total. The van der Waals surface area contributed by atoms with Gasteiger partial charge in [0.25, 0.3) is 0 Å². The average molecular weight is 266 g/mol. The second kappa shape index (κ2) is 6.48. The van der Waals surface area contributed by atoms with Crippen LogP contribution in [0.5, 0.6) is 5.75 Å². The number of methoxy groups -OCH3 is 1. The Hall–Kier alpha value is -0.0900. The van der Waals surface area contributed by atoms with Crippen molar-refractivity contribution in [3.05, 3.63) is 27.7 Å². The Kier molecular flexibility index (Phi) is 5.61. The molecule has 0 saturated carbocycles. The molecule has 0 fully saturated rings. The molecule has 0 aliphatic heterocycles. The zero-order chi connectivity index (χ0) is 11.3. The van der Waals surface area contributed by atoms with Crippen molar-refractivity contribution in [1.29, 1.82) is 0 Å². The van der Waals surface area contributed by atoms with Crippen molar-refractivity contribution in [2.75, 3.05) is 19.5 Å². The van der Waals surface area contributed by atoms with Crippen LogP contribution in [0.4, 0.5) is 0 Å². The van der Waals surface area contributed by atoms with Crippen LogP contribution < -0.4 is 10.1 Å². The van der Waals surface area contributed by atoms with Gasteiger partial charge in [-0.3, -0.25) is 0 Å². The summed E-state index contributed by atoms with van der Waals surface area (Å²) in [6.07, 6.45) is 0.823. The van der Waals surface area contributed by atoms with Crippen molar-refractivity contribution < 1.29 is 4.74 Å².